The van der Waals surface area contributed by atoms with Crippen molar-refractivity contribution < 1.29 is 0 Å². The lowest BCUT2D eigenvalue weighted by Gasteiger charge is -2.37. The van der Waals surface area contributed by atoms with Gasteiger partial charge in [0.25, 0.3) is 0 Å². The van der Waals surface area contributed by atoms with Gasteiger partial charge in [0.2, 0.25) is 0 Å². The summed E-state index contributed by atoms with van der Waals surface area (Å²) in [5, 5.41) is 1.78. The van der Waals surface area contributed by atoms with Gasteiger partial charge in [-0.25, -0.2) is 0 Å². The van der Waals surface area contributed by atoms with Gasteiger partial charge in [-0.05, 0) is 56.3 Å². The first-order valence-electron chi connectivity index (χ1n) is 9.34. The van der Waals surface area contributed by atoms with Crippen molar-refractivity contribution in [2.45, 2.75) is 60.2 Å². The minimum Gasteiger partial charge on any atom is -0.0773 e. The second-order valence-corrected chi connectivity index (χ2v) is 13.1. The molecule has 0 saturated carbocycles. The summed E-state index contributed by atoms with van der Waals surface area (Å²) in [7, 11) is -1.64. The normalized spacial score (nSPS) is 30.3. The van der Waals surface area contributed by atoms with Gasteiger partial charge in [0.15, 0.2) is 0 Å². The van der Waals surface area contributed by atoms with Crippen molar-refractivity contribution in [3.63, 3.8) is 0 Å². The maximum atomic E-state index is 2.60. The summed E-state index contributed by atoms with van der Waals surface area (Å²) in [5.74, 6) is 1.15. The Bertz CT molecular complexity index is 762. The first kappa shape index (κ1) is 17.5. The van der Waals surface area contributed by atoms with Gasteiger partial charge in [0, 0.05) is 5.54 Å². The SMILES string of the molecule is CC1=CC2=C(C=CC=CC2C)C1[Si](C)(C)C1=C(C)C(C)=C(C)C1C. The molecule has 0 N–H and O–H groups in total. The van der Waals surface area contributed by atoms with Gasteiger partial charge in [-0.1, -0.05) is 79.2 Å². The molecule has 3 atom stereocenters. The van der Waals surface area contributed by atoms with Crippen molar-refractivity contribution in [2.75, 3.05) is 0 Å². The minimum absolute atomic E-state index is 0.525. The van der Waals surface area contributed by atoms with Gasteiger partial charge >= 0.3 is 0 Å². The van der Waals surface area contributed by atoms with E-state index in [4.69, 9.17) is 0 Å². The number of hydrogen-bond acceptors (Lipinski definition) is 0. The summed E-state index contributed by atoms with van der Waals surface area (Å²) >= 11 is 0. The van der Waals surface area contributed by atoms with Crippen LogP contribution in [0.5, 0.6) is 0 Å². The Kier molecular flexibility index (Phi) is 4.28. The van der Waals surface area contributed by atoms with E-state index in [1.165, 1.54) is 0 Å². The molecule has 0 aromatic heterocycles. The molecule has 0 spiro atoms. The molecule has 0 fully saturated rings. The molecule has 3 unspecified atom stereocenters. The molecule has 0 aromatic rings. The van der Waals surface area contributed by atoms with Gasteiger partial charge in [-0.15, -0.1) is 0 Å². The van der Waals surface area contributed by atoms with Gasteiger partial charge in [-0.3, -0.25) is 0 Å². The second kappa shape index (κ2) is 5.88. The Morgan fingerprint density at radius 2 is 1.54 bits per heavy atom. The van der Waals surface area contributed by atoms with E-state index in [0.717, 1.165) is 0 Å². The van der Waals surface area contributed by atoms with Crippen LogP contribution in [0.4, 0.5) is 0 Å². The predicted molar refractivity (Wildman–Crippen MR) is 110 cm³/mol. The van der Waals surface area contributed by atoms with Crippen molar-refractivity contribution >= 4 is 8.07 Å². The van der Waals surface area contributed by atoms with Crippen LogP contribution in [0.25, 0.3) is 0 Å². The average molecular weight is 337 g/mol. The van der Waals surface area contributed by atoms with E-state index in [1.807, 2.05) is 0 Å². The van der Waals surface area contributed by atoms with Crippen LogP contribution in [-0.4, -0.2) is 8.07 Å². The molecule has 3 aliphatic rings. The fourth-order valence-electron chi connectivity index (χ4n) is 5.42. The second-order valence-electron chi connectivity index (χ2n) is 8.55. The van der Waals surface area contributed by atoms with E-state index in [2.05, 4.69) is 85.0 Å². The van der Waals surface area contributed by atoms with Crippen molar-refractivity contribution in [1.82, 2.24) is 0 Å². The highest BCUT2D eigenvalue weighted by Crippen LogP contribution is 2.53. The molecule has 24 heavy (non-hydrogen) atoms. The molecule has 0 heterocycles. The molecular weight excluding hydrogens is 304 g/mol. The number of allylic oxidation sites excluding steroid dienone is 12. The van der Waals surface area contributed by atoms with E-state index in [0.29, 0.717) is 17.4 Å². The van der Waals surface area contributed by atoms with Crippen molar-refractivity contribution in [3.05, 3.63) is 69.0 Å². The number of hydrogen-bond donors (Lipinski definition) is 0. The molecule has 0 nitrogen and oxygen atoms in total. The van der Waals surface area contributed by atoms with E-state index < -0.39 is 8.07 Å². The molecule has 128 valence electrons. The highest BCUT2D eigenvalue weighted by Gasteiger charge is 2.45. The van der Waals surface area contributed by atoms with Crippen LogP contribution in [0.1, 0.15) is 41.5 Å². The van der Waals surface area contributed by atoms with Crippen LogP contribution in [0, 0.1) is 11.8 Å². The first-order chi connectivity index (χ1) is 11.2. The zero-order valence-corrected chi connectivity index (χ0v) is 17.6. The highest BCUT2D eigenvalue weighted by atomic mass is 28.3. The van der Waals surface area contributed by atoms with Crippen LogP contribution >= 0.6 is 0 Å². The Hall–Kier alpha value is -1.34. The van der Waals surface area contributed by atoms with Crippen LogP contribution in [0.15, 0.2) is 69.0 Å². The summed E-state index contributed by atoms with van der Waals surface area (Å²) < 4.78 is 0. The van der Waals surface area contributed by atoms with Crippen LogP contribution in [0.3, 0.4) is 0 Å². The summed E-state index contributed by atoms with van der Waals surface area (Å²) in [6, 6.07) is 0. The van der Waals surface area contributed by atoms with Gasteiger partial charge in [-0.2, -0.15) is 0 Å². The van der Waals surface area contributed by atoms with Gasteiger partial charge < -0.3 is 0 Å². The number of rotatable bonds is 2. The largest absolute Gasteiger partial charge is 0.0883 e. The zero-order chi connectivity index (χ0) is 17.8. The van der Waals surface area contributed by atoms with Crippen molar-refractivity contribution in [2.24, 2.45) is 11.8 Å². The Morgan fingerprint density at radius 3 is 2.12 bits per heavy atom. The van der Waals surface area contributed by atoms with Crippen LogP contribution in [-0.2, 0) is 0 Å². The molecule has 0 radical (unpaired) electrons. The fourth-order valence-corrected chi connectivity index (χ4v) is 10.5. The maximum Gasteiger partial charge on any atom is 0.0883 e. The van der Waals surface area contributed by atoms with Crippen molar-refractivity contribution in [1.29, 1.82) is 0 Å². The lowest BCUT2D eigenvalue weighted by molar-refractivity contribution is 0.839. The molecule has 0 saturated heterocycles. The predicted octanol–water partition coefficient (Wildman–Crippen LogP) is 6.93. The molecule has 3 aliphatic carbocycles. The summed E-state index contributed by atoms with van der Waals surface area (Å²) in [4.78, 5) is 0. The first-order valence-corrected chi connectivity index (χ1v) is 12.4. The van der Waals surface area contributed by atoms with Gasteiger partial charge in [0.05, 0.1) is 8.07 Å². The molecule has 0 aromatic carbocycles. The van der Waals surface area contributed by atoms with Gasteiger partial charge in [0.1, 0.15) is 0 Å². The van der Waals surface area contributed by atoms with E-state index >= 15 is 0 Å². The van der Waals surface area contributed by atoms with E-state index in [1.54, 1.807) is 38.6 Å². The molecular formula is C23H32Si. The van der Waals surface area contributed by atoms with E-state index in [9.17, 15) is 0 Å². The molecule has 0 bridgehead atoms. The third kappa shape index (κ3) is 2.40. The zero-order valence-electron chi connectivity index (χ0n) is 16.6. The smallest absolute Gasteiger partial charge is 0.0773 e. The van der Waals surface area contributed by atoms with Crippen molar-refractivity contribution in [3.8, 4) is 0 Å². The Balaban J connectivity index is 2.10. The Labute approximate surface area is 149 Å². The third-order valence-corrected chi connectivity index (χ3v) is 11.2. The van der Waals surface area contributed by atoms with Crippen LogP contribution < -0.4 is 0 Å². The fraction of sp³-hybridized carbons (Fsp3) is 0.478. The average Bonchev–Trinajstić information content (AvgIpc) is 2.87. The topological polar surface area (TPSA) is 0 Å². The van der Waals surface area contributed by atoms with E-state index in [-0.39, 0.29) is 0 Å². The minimum atomic E-state index is -1.64. The third-order valence-electron chi connectivity index (χ3n) is 6.82. The van der Waals surface area contributed by atoms with Crippen LogP contribution in [0.2, 0.25) is 18.6 Å². The standard InChI is InChI=1S/C23H32Si/c1-14-11-9-10-12-20-21(14)13-15(2)22(20)24(7,8)23-18(5)16(3)17(4)19(23)6/h9-14,18,22H,1-8H3. The lowest BCUT2D eigenvalue weighted by Crippen LogP contribution is -2.39. The maximum absolute atomic E-state index is 2.60. The summed E-state index contributed by atoms with van der Waals surface area (Å²) in [6.45, 7) is 19.3. The summed E-state index contributed by atoms with van der Waals surface area (Å²) in [6.07, 6.45) is 11.7. The molecule has 1 heteroatoms. The molecule has 0 aliphatic heterocycles. The summed E-state index contributed by atoms with van der Waals surface area (Å²) in [5.41, 5.74) is 10.1. The monoisotopic (exact) mass is 336 g/mol. The molecule has 3 rings (SSSR count). The molecule has 0 amide bonds. The highest BCUT2D eigenvalue weighted by molar-refractivity contribution is 6.87. The quantitative estimate of drug-likeness (QED) is 0.480. The lowest BCUT2D eigenvalue weighted by atomic mass is 9.99. The Morgan fingerprint density at radius 1 is 0.875 bits per heavy atom.